The first-order valence-electron chi connectivity index (χ1n) is 13.2. The number of piperidine rings is 1. The Labute approximate surface area is 212 Å². The van der Waals surface area contributed by atoms with Crippen LogP contribution in [0.2, 0.25) is 0 Å². The molecule has 2 aliphatic rings. The third-order valence-corrected chi connectivity index (χ3v) is 8.03. The van der Waals surface area contributed by atoms with Crippen molar-refractivity contribution >= 4 is 16.8 Å². The summed E-state index contributed by atoms with van der Waals surface area (Å²) in [5.74, 6) is 0.951. The highest BCUT2D eigenvalue weighted by atomic mass is 16.3. The number of aliphatic hydroxyl groups is 1. The lowest BCUT2D eigenvalue weighted by atomic mass is 9.87. The number of nitrogens with one attached hydrogen (secondary N) is 1. The summed E-state index contributed by atoms with van der Waals surface area (Å²) in [5, 5.41) is 11.0. The van der Waals surface area contributed by atoms with Gasteiger partial charge < -0.3 is 19.6 Å². The molecule has 0 radical (unpaired) electrons. The molecule has 1 amide bonds. The Balaban J connectivity index is 1.35. The fourth-order valence-electron chi connectivity index (χ4n) is 6.01. The third kappa shape index (κ3) is 4.74. The lowest BCUT2D eigenvalue weighted by Gasteiger charge is -2.32. The molecule has 36 heavy (non-hydrogen) atoms. The van der Waals surface area contributed by atoms with Gasteiger partial charge in [-0.3, -0.25) is 14.5 Å². The molecule has 2 saturated heterocycles. The number of pyridine rings is 1. The van der Waals surface area contributed by atoms with Crippen molar-refractivity contribution in [3.63, 3.8) is 0 Å². The highest BCUT2D eigenvalue weighted by Crippen LogP contribution is 2.38. The Morgan fingerprint density at radius 2 is 1.89 bits per heavy atom. The molecule has 1 aromatic carbocycles. The van der Waals surface area contributed by atoms with E-state index in [4.69, 9.17) is 0 Å². The van der Waals surface area contributed by atoms with E-state index in [0.29, 0.717) is 37.9 Å². The molecular formula is C29H38N4O3. The predicted octanol–water partition coefficient (Wildman–Crippen LogP) is 3.74. The number of likely N-dealkylation sites (tertiary alicyclic amines) is 2. The molecule has 1 unspecified atom stereocenters. The smallest absolute Gasteiger partial charge is 0.253 e. The zero-order valence-electron chi connectivity index (χ0n) is 21.9. The van der Waals surface area contributed by atoms with Gasteiger partial charge in [-0.2, -0.15) is 0 Å². The lowest BCUT2D eigenvalue weighted by molar-refractivity contribution is -0.132. The van der Waals surface area contributed by atoms with E-state index >= 15 is 0 Å². The minimum absolute atomic E-state index is 0.0364. The largest absolute Gasteiger partial charge is 0.391 e. The van der Waals surface area contributed by atoms with E-state index in [0.717, 1.165) is 48.3 Å². The summed E-state index contributed by atoms with van der Waals surface area (Å²) in [7, 11) is 1.81. The van der Waals surface area contributed by atoms with Gasteiger partial charge in [0.2, 0.25) is 5.91 Å². The van der Waals surface area contributed by atoms with Gasteiger partial charge in [0.05, 0.1) is 18.3 Å². The number of hydrogen-bond donors (Lipinski definition) is 2. The minimum atomic E-state index is -0.364. The van der Waals surface area contributed by atoms with Crippen molar-refractivity contribution in [2.45, 2.75) is 58.0 Å². The summed E-state index contributed by atoms with van der Waals surface area (Å²) in [5.41, 5.74) is 6.70. The van der Waals surface area contributed by atoms with Gasteiger partial charge in [-0.25, -0.2) is 0 Å². The van der Waals surface area contributed by atoms with E-state index in [1.165, 1.54) is 16.5 Å². The van der Waals surface area contributed by atoms with Crippen LogP contribution in [0, 0.1) is 6.92 Å². The fourth-order valence-corrected chi connectivity index (χ4v) is 6.01. The van der Waals surface area contributed by atoms with Crippen LogP contribution < -0.4 is 5.56 Å². The van der Waals surface area contributed by atoms with E-state index in [1.807, 2.05) is 26.2 Å². The molecule has 2 fully saturated rings. The molecule has 5 rings (SSSR count). The summed E-state index contributed by atoms with van der Waals surface area (Å²) in [4.78, 5) is 32.5. The first-order chi connectivity index (χ1) is 17.2. The second kappa shape index (κ2) is 9.87. The van der Waals surface area contributed by atoms with Crippen molar-refractivity contribution in [3.8, 4) is 11.3 Å². The van der Waals surface area contributed by atoms with Crippen LogP contribution in [-0.4, -0.2) is 69.2 Å². The van der Waals surface area contributed by atoms with Crippen molar-refractivity contribution in [2.75, 3.05) is 32.7 Å². The number of nitrogens with zero attached hydrogens (tertiary/aromatic N) is 3. The monoisotopic (exact) mass is 490 g/mol. The highest BCUT2D eigenvalue weighted by molar-refractivity contribution is 5.92. The zero-order valence-corrected chi connectivity index (χ0v) is 21.9. The van der Waals surface area contributed by atoms with Crippen molar-refractivity contribution in [3.05, 3.63) is 57.5 Å². The predicted molar refractivity (Wildman–Crippen MR) is 143 cm³/mol. The Kier molecular flexibility index (Phi) is 6.79. The molecule has 4 heterocycles. The number of aromatic amines is 1. The second-order valence-corrected chi connectivity index (χ2v) is 11.0. The fraction of sp³-hybridized carbons (Fsp3) is 0.517. The van der Waals surface area contributed by atoms with Crippen molar-refractivity contribution in [2.24, 2.45) is 7.05 Å². The molecular weight excluding hydrogens is 452 g/mol. The van der Waals surface area contributed by atoms with Gasteiger partial charge in [0, 0.05) is 48.4 Å². The first kappa shape index (κ1) is 24.8. The van der Waals surface area contributed by atoms with Crippen LogP contribution in [0.25, 0.3) is 22.2 Å². The van der Waals surface area contributed by atoms with Gasteiger partial charge >= 0.3 is 0 Å². The van der Waals surface area contributed by atoms with Gasteiger partial charge in [0.15, 0.2) is 0 Å². The molecule has 3 aromatic rings. The SMILES string of the molecule is Cc1cc(-c2[nH]c3ccc(C4CCN(CC(=O)N5CCC(O)C5)CC4)cc3c2C(C)C)cn(C)c1=O. The summed E-state index contributed by atoms with van der Waals surface area (Å²) < 4.78 is 1.66. The van der Waals surface area contributed by atoms with Crippen LogP contribution >= 0.6 is 0 Å². The van der Waals surface area contributed by atoms with E-state index in [2.05, 4.69) is 41.9 Å². The van der Waals surface area contributed by atoms with Crippen molar-refractivity contribution < 1.29 is 9.90 Å². The maximum atomic E-state index is 12.6. The molecule has 0 aliphatic carbocycles. The van der Waals surface area contributed by atoms with Gasteiger partial charge in [-0.15, -0.1) is 0 Å². The highest BCUT2D eigenvalue weighted by Gasteiger charge is 2.28. The molecule has 2 aromatic heterocycles. The summed E-state index contributed by atoms with van der Waals surface area (Å²) in [6.07, 6.45) is 4.33. The molecule has 7 nitrogen and oxygen atoms in total. The van der Waals surface area contributed by atoms with Gasteiger partial charge in [-0.1, -0.05) is 19.9 Å². The van der Waals surface area contributed by atoms with Crippen LogP contribution in [0.15, 0.2) is 35.3 Å². The number of aromatic nitrogens is 2. The van der Waals surface area contributed by atoms with E-state index in [9.17, 15) is 14.7 Å². The van der Waals surface area contributed by atoms with Crippen LogP contribution in [0.5, 0.6) is 0 Å². The molecule has 7 heteroatoms. The quantitative estimate of drug-likeness (QED) is 0.571. The summed E-state index contributed by atoms with van der Waals surface area (Å²) in [6.45, 7) is 9.75. The molecule has 192 valence electrons. The van der Waals surface area contributed by atoms with Crippen molar-refractivity contribution in [1.29, 1.82) is 0 Å². The minimum Gasteiger partial charge on any atom is -0.391 e. The number of rotatable bonds is 5. The van der Waals surface area contributed by atoms with Gasteiger partial charge in [0.1, 0.15) is 0 Å². The standard InChI is InChI=1S/C29H38N4O3/c1-18(2)27-24-14-21(5-6-25(24)30-28(27)22-13-19(3)29(36)31(4)15-22)20-7-10-32(11-8-20)17-26(35)33-12-9-23(34)16-33/h5-6,13-15,18,20,23,30,34H,7-12,16-17H2,1-4H3. The maximum absolute atomic E-state index is 12.6. The number of carbonyl (C=O) groups is 1. The normalized spacial score (nSPS) is 19.6. The lowest BCUT2D eigenvalue weighted by Crippen LogP contribution is -2.42. The number of fused-ring (bicyclic) bond motifs is 1. The summed E-state index contributed by atoms with van der Waals surface area (Å²) in [6, 6.07) is 8.79. The van der Waals surface area contributed by atoms with Crippen LogP contribution in [0.1, 0.15) is 61.6 Å². The van der Waals surface area contributed by atoms with E-state index in [-0.39, 0.29) is 17.6 Å². The Morgan fingerprint density at radius 1 is 1.14 bits per heavy atom. The maximum Gasteiger partial charge on any atom is 0.253 e. The molecule has 2 aliphatic heterocycles. The van der Waals surface area contributed by atoms with Crippen LogP contribution in [-0.2, 0) is 11.8 Å². The average molecular weight is 491 g/mol. The average Bonchev–Trinajstić information content (AvgIpc) is 3.46. The van der Waals surface area contributed by atoms with E-state index in [1.54, 1.807) is 9.47 Å². The number of aliphatic hydroxyl groups excluding tert-OH is 1. The molecule has 0 spiro atoms. The third-order valence-electron chi connectivity index (χ3n) is 8.03. The molecule has 1 atom stereocenters. The van der Waals surface area contributed by atoms with Gasteiger partial charge in [0.25, 0.3) is 5.56 Å². The van der Waals surface area contributed by atoms with E-state index < -0.39 is 0 Å². The number of β-amino-alcohol motifs (C(OH)–C–C–N with tert-alkyl or cyclic N) is 1. The summed E-state index contributed by atoms with van der Waals surface area (Å²) >= 11 is 0. The number of benzene rings is 1. The number of aryl methyl sites for hydroxylation is 2. The second-order valence-electron chi connectivity index (χ2n) is 11.0. The topological polar surface area (TPSA) is 81.6 Å². The zero-order chi connectivity index (χ0) is 25.6. The Hall–Kier alpha value is -2.90. The number of hydrogen-bond acceptors (Lipinski definition) is 4. The molecule has 0 bridgehead atoms. The van der Waals surface area contributed by atoms with Crippen LogP contribution in [0.3, 0.4) is 0 Å². The number of H-pyrrole nitrogens is 1. The Bertz CT molecular complexity index is 1300. The number of carbonyl (C=O) groups excluding carboxylic acids is 1. The van der Waals surface area contributed by atoms with Crippen molar-refractivity contribution in [1.82, 2.24) is 19.4 Å². The molecule has 2 N–H and O–H groups in total. The van der Waals surface area contributed by atoms with Gasteiger partial charge in [-0.05, 0) is 80.4 Å². The number of amides is 1. The van der Waals surface area contributed by atoms with Crippen LogP contribution in [0.4, 0.5) is 0 Å². The molecule has 0 saturated carbocycles. The first-order valence-corrected chi connectivity index (χ1v) is 13.2. The Morgan fingerprint density at radius 3 is 2.53 bits per heavy atom.